The highest BCUT2D eigenvalue weighted by molar-refractivity contribution is 6.63. The minimum atomic E-state index is -0.510. The molecule has 1 aromatic heterocycles. The van der Waals surface area contributed by atoms with Crippen molar-refractivity contribution >= 4 is 23.5 Å². The van der Waals surface area contributed by atoms with Crippen molar-refractivity contribution in [3.63, 3.8) is 0 Å². The van der Waals surface area contributed by atoms with Crippen LogP contribution in [0.2, 0.25) is 0 Å². The van der Waals surface area contributed by atoms with Crippen LogP contribution in [0.4, 0.5) is 0 Å². The van der Waals surface area contributed by atoms with Crippen molar-refractivity contribution in [1.82, 2.24) is 9.78 Å². The van der Waals surface area contributed by atoms with Crippen molar-refractivity contribution in [3.8, 4) is 5.75 Å². The summed E-state index contributed by atoms with van der Waals surface area (Å²) in [6.45, 7) is 9.49. The lowest BCUT2D eigenvalue weighted by atomic mass is 9.77. The summed E-state index contributed by atoms with van der Waals surface area (Å²) >= 11 is 0. The second kappa shape index (κ2) is 8.21. The molecule has 3 aromatic rings. The molecule has 0 aliphatic carbocycles. The topological polar surface area (TPSA) is 54.7 Å². The van der Waals surface area contributed by atoms with Gasteiger partial charge in [-0.1, -0.05) is 36.4 Å². The van der Waals surface area contributed by atoms with Gasteiger partial charge in [-0.2, -0.15) is 5.10 Å². The van der Waals surface area contributed by atoms with Gasteiger partial charge >= 0.3 is 7.12 Å². The zero-order chi connectivity index (χ0) is 22.3. The molecule has 2 aromatic carbocycles. The molecule has 5 rings (SSSR count). The van der Waals surface area contributed by atoms with Crippen molar-refractivity contribution in [2.75, 3.05) is 6.61 Å². The molecule has 2 fully saturated rings. The third kappa shape index (κ3) is 3.94. The van der Waals surface area contributed by atoms with Crippen LogP contribution in [-0.4, -0.2) is 34.7 Å². The van der Waals surface area contributed by atoms with Crippen molar-refractivity contribution in [1.29, 1.82) is 0 Å². The quantitative estimate of drug-likeness (QED) is 0.549. The molecule has 1 unspecified atom stereocenters. The molecule has 0 spiro atoms. The maximum Gasteiger partial charge on any atom is 0.498 e. The maximum atomic E-state index is 6.43. The first-order valence-electron chi connectivity index (χ1n) is 11.5. The van der Waals surface area contributed by atoms with E-state index in [-0.39, 0.29) is 6.23 Å². The third-order valence-corrected chi connectivity index (χ3v) is 6.87. The summed E-state index contributed by atoms with van der Waals surface area (Å²) < 4.78 is 27.0. The summed E-state index contributed by atoms with van der Waals surface area (Å²) in [6.07, 6.45) is 5.24. The summed E-state index contributed by atoms with van der Waals surface area (Å²) in [5, 5.41) is 5.75. The molecule has 3 heterocycles. The van der Waals surface area contributed by atoms with Gasteiger partial charge < -0.3 is 18.8 Å². The van der Waals surface area contributed by atoms with Crippen LogP contribution in [0.25, 0.3) is 10.9 Å². The third-order valence-electron chi connectivity index (χ3n) is 6.87. The van der Waals surface area contributed by atoms with E-state index in [9.17, 15) is 0 Å². The van der Waals surface area contributed by atoms with Crippen molar-refractivity contribution in [2.24, 2.45) is 0 Å². The van der Waals surface area contributed by atoms with Crippen LogP contribution in [0.5, 0.6) is 5.75 Å². The number of nitrogens with zero attached hydrogens (tertiary/aromatic N) is 2. The Labute approximate surface area is 189 Å². The molecular weight excluding hydrogens is 403 g/mol. The van der Waals surface area contributed by atoms with Gasteiger partial charge in [0.25, 0.3) is 0 Å². The summed E-state index contributed by atoms with van der Waals surface area (Å²) in [5.41, 5.74) is 2.01. The second-order valence-corrected chi connectivity index (χ2v) is 9.71. The minimum Gasteiger partial charge on any atom is -0.488 e. The van der Waals surface area contributed by atoms with E-state index in [0.717, 1.165) is 53.5 Å². The van der Waals surface area contributed by atoms with E-state index in [4.69, 9.17) is 23.9 Å². The maximum absolute atomic E-state index is 6.43. The molecule has 0 bridgehead atoms. The van der Waals surface area contributed by atoms with E-state index in [1.807, 2.05) is 41.2 Å². The van der Waals surface area contributed by atoms with E-state index in [1.54, 1.807) is 0 Å². The van der Waals surface area contributed by atoms with E-state index >= 15 is 0 Å². The number of aromatic nitrogens is 2. The van der Waals surface area contributed by atoms with Crippen LogP contribution in [0.1, 0.15) is 58.7 Å². The SMILES string of the molecule is CC1(C)OB(c2ccc3nn(C4CCCCO4)cc3c2OCc2ccccc2)OC1(C)C. The van der Waals surface area contributed by atoms with Crippen LogP contribution in [0, 0.1) is 0 Å². The summed E-state index contributed by atoms with van der Waals surface area (Å²) in [6, 6.07) is 14.2. The van der Waals surface area contributed by atoms with Crippen molar-refractivity contribution < 1.29 is 18.8 Å². The predicted octanol–water partition coefficient (Wildman–Crippen LogP) is 4.61. The van der Waals surface area contributed by atoms with Crippen LogP contribution < -0.4 is 10.2 Å². The summed E-state index contributed by atoms with van der Waals surface area (Å²) in [5.74, 6) is 0.756. The largest absolute Gasteiger partial charge is 0.498 e. The molecule has 2 aliphatic rings. The number of ether oxygens (including phenoxy) is 2. The first kappa shape index (κ1) is 21.5. The molecule has 32 heavy (non-hydrogen) atoms. The first-order valence-corrected chi connectivity index (χ1v) is 11.5. The van der Waals surface area contributed by atoms with Crippen molar-refractivity contribution in [2.45, 2.75) is 71.0 Å². The Balaban J connectivity index is 1.54. The average molecular weight is 434 g/mol. The zero-order valence-corrected chi connectivity index (χ0v) is 19.3. The molecule has 168 valence electrons. The molecular formula is C25H31BN2O4. The summed E-state index contributed by atoms with van der Waals surface area (Å²) in [4.78, 5) is 0. The van der Waals surface area contributed by atoms with E-state index in [0.29, 0.717) is 6.61 Å². The number of hydrogen-bond donors (Lipinski definition) is 0. The van der Waals surface area contributed by atoms with Gasteiger partial charge in [0.05, 0.1) is 22.1 Å². The Bertz CT molecular complexity index is 1070. The van der Waals surface area contributed by atoms with Crippen LogP contribution in [0.15, 0.2) is 48.7 Å². The van der Waals surface area contributed by atoms with E-state index in [1.165, 1.54) is 0 Å². The van der Waals surface area contributed by atoms with Crippen LogP contribution >= 0.6 is 0 Å². The Morgan fingerprint density at radius 3 is 2.47 bits per heavy atom. The zero-order valence-electron chi connectivity index (χ0n) is 19.3. The molecule has 2 aliphatic heterocycles. The predicted molar refractivity (Wildman–Crippen MR) is 125 cm³/mol. The number of hydrogen-bond acceptors (Lipinski definition) is 5. The van der Waals surface area contributed by atoms with Crippen LogP contribution in [-0.2, 0) is 20.7 Å². The van der Waals surface area contributed by atoms with Gasteiger partial charge in [0.15, 0.2) is 0 Å². The molecule has 2 saturated heterocycles. The molecule has 6 nitrogen and oxygen atoms in total. The fourth-order valence-corrected chi connectivity index (χ4v) is 4.23. The van der Waals surface area contributed by atoms with Gasteiger partial charge in [-0.25, -0.2) is 4.68 Å². The number of benzene rings is 2. The first-order chi connectivity index (χ1) is 15.3. The molecule has 1 atom stereocenters. The lowest BCUT2D eigenvalue weighted by molar-refractivity contribution is -0.0390. The Hall–Kier alpha value is -2.35. The monoisotopic (exact) mass is 434 g/mol. The summed E-state index contributed by atoms with van der Waals surface area (Å²) in [7, 11) is -0.510. The molecule has 7 heteroatoms. The molecule has 0 saturated carbocycles. The molecule has 0 radical (unpaired) electrons. The molecule has 0 N–H and O–H groups in total. The lowest BCUT2D eigenvalue weighted by Gasteiger charge is -2.32. The van der Waals surface area contributed by atoms with Gasteiger partial charge in [-0.3, -0.25) is 0 Å². The highest BCUT2D eigenvalue weighted by Gasteiger charge is 2.52. The lowest BCUT2D eigenvalue weighted by Crippen LogP contribution is -2.41. The van der Waals surface area contributed by atoms with Crippen molar-refractivity contribution in [3.05, 3.63) is 54.2 Å². The number of rotatable bonds is 5. The average Bonchev–Trinajstić information content (AvgIpc) is 3.31. The van der Waals surface area contributed by atoms with Gasteiger partial charge in [-0.15, -0.1) is 0 Å². The number of fused-ring (bicyclic) bond motifs is 1. The van der Waals surface area contributed by atoms with E-state index < -0.39 is 18.3 Å². The van der Waals surface area contributed by atoms with Gasteiger partial charge in [0, 0.05) is 18.3 Å². The Morgan fingerprint density at radius 1 is 1.03 bits per heavy atom. The fourth-order valence-electron chi connectivity index (χ4n) is 4.23. The Morgan fingerprint density at radius 2 is 1.78 bits per heavy atom. The highest BCUT2D eigenvalue weighted by atomic mass is 16.7. The van der Waals surface area contributed by atoms with Crippen LogP contribution in [0.3, 0.4) is 0 Å². The normalized spacial score (nSPS) is 22.4. The van der Waals surface area contributed by atoms with Gasteiger partial charge in [0.1, 0.15) is 18.6 Å². The van der Waals surface area contributed by atoms with Gasteiger partial charge in [0.2, 0.25) is 0 Å². The molecule has 0 amide bonds. The second-order valence-electron chi connectivity index (χ2n) is 9.71. The van der Waals surface area contributed by atoms with Gasteiger partial charge in [-0.05, 0) is 58.6 Å². The Kier molecular flexibility index (Phi) is 5.52. The minimum absolute atomic E-state index is 0.0292. The standard InChI is InChI=1S/C25H31BN2O4/c1-24(2)25(3,4)32-26(31-24)20-13-14-21-19(16-28(27-21)22-12-8-9-15-29-22)23(20)30-17-18-10-6-5-7-11-18/h5-7,10-11,13-14,16,22H,8-9,12,15,17H2,1-4H3. The fraction of sp³-hybridized carbons (Fsp3) is 0.480. The van der Waals surface area contributed by atoms with E-state index in [2.05, 4.69) is 39.8 Å². The smallest absolute Gasteiger partial charge is 0.488 e. The highest BCUT2D eigenvalue weighted by Crippen LogP contribution is 2.38.